The molecule has 0 bridgehead atoms. The maximum Gasteiger partial charge on any atom is 0.272 e. The van der Waals surface area contributed by atoms with Gasteiger partial charge in [-0.2, -0.15) is 4.98 Å². The highest BCUT2D eigenvalue weighted by atomic mass is 19.3. The van der Waals surface area contributed by atoms with Gasteiger partial charge in [-0.3, -0.25) is 9.78 Å². The Balaban J connectivity index is 1.53. The second-order valence-corrected chi connectivity index (χ2v) is 8.84. The number of alkyl halides is 4. The number of nitrogens with zero attached hydrogens (tertiary/aromatic N) is 4. The summed E-state index contributed by atoms with van der Waals surface area (Å²) in [5, 5.41) is 2.57. The Bertz CT molecular complexity index is 1650. The Morgan fingerprint density at radius 1 is 0.927 bits per heavy atom. The van der Waals surface area contributed by atoms with Gasteiger partial charge in [0.1, 0.15) is 29.0 Å². The highest BCUT2D eigenvalue weighted by Gasteiger charge is 2.26. The number of hydrogen-bond acceptors (Lipinski definition) is 6. The Morgan fingerprint density at radius 3 is 2.44 bits per heavy atom. The minimum Gasteiger partial charge on any atom is -0.470 e. The van der Waals surface area contributed by atoms with Gasteiger partial charge in [-0.15, -0.1) is 0 Å². The summed E-state index contributed by atoms with van der Waals surface area (Å²) in [5.74, 6) is -2.61. The van der Waals surface area contributed by atoms with E-state index in [4.69, 9.17) is 4.74 Å². The van der Waals surface area contributed by atoms with Gasteiger partial charge in [0.2, 0.25) is 18.2 Å². The van der Waals surface area contributed by atoms with Gasteiger partial charge >= 0.3 is 0 Å². The zero-order valence-electron chi connectivity index (χ0n) is 21.1. The van der Waals surface area contributed by atoms with Crippen LogP contribution in [0.2, 0.25) is 0 Å². The third-order valence-corrected chi connectivity index (χ3v) is 6.12. The fraction of sp³-hybridized carbons (Fsp3) is 0.179. The zero-order chi connectivity index (χ0) is 28.9. The zero-order valence-corrected chi connectivity index (χ0v) is 21.1. The molecule has 0 saturated heterocycles. The molecule has 0 unspecified atom stereocenters. The van der Waals surface area contributed by atoms with Crippen LogP contribution in [0, 0.1) is 5.82 Å². The average Bonchev–Trinajstić information content (AvgIpc) is 3.36. The van der Waals surface area contributed by atoms with Gasteiger partial charge in [0.05, 0.1) is 22.9 Å². The quantitative estimate of drug-likeness (QED) is 0.193. The molecule has 0 saturated carbocycles. The van der Waals surface area contributed by atoms with Crippen molar-refractivity contribution in [3.8, 4) is 28.4 Å². The molecular weight excluding hydrogens is 547 g/mol. The van der Waals surface area contributed by atoms with Crippen LogP contribution in [0.4, 0.5) is 27.8 Å². The van der Waals surface area contributed by atoms with Crippen molar-refractivity contribution in [1.82, 2.24) is 24.9 Å². The number of pyridine rings is 2. The number of carbonyl (C=O) groups excluding carboxylic acids is 1. The van der Waals surface area contributed by atoms with Gasteiger partial charge in [-0.25, -0.2) is 31.9 Å². The molecule has 0 spiro atoms. The van der Waals surface area contributed by atoms with Gasteiger partial charge in [0, 0.05) is 24.4 Å². The number of halogens is 5. The Morgan fingerprint density at radius 2 is 1.73 bits per heavy atom. The van der Waals surface area contributed by atoms with Crippen molar-refractivity contribution in [2.75, 3.05) is 11.9 Å². The molecule has 2 N–H and O–H groups in total. The molecule has 41 heavy (non-hydrogen) atoms. The lowest BCUT2D eigenvalue weighted by atomic mass is 9.95. The first-order chi connectivity index (χ1) is 19.8. The van der Waals surface area contributed by atoms with E-state index in [-0.39, 0.29) is 22.8 Å². The van der Waals surface area contributed by atoms with Crippen molar-refractivity contribution < 1.29 is 31.5 Å². The Labute approximate surface area is 229 Å². The minimum atomic E-state index is -2.79. The molecule has 0 aliphatic carbocycles. The standard InChI is InChI=1S/C28H21F5N6O2/c29-17-6-4-15(5-7-17)18(12-20(30)31)27(40)38-22-11-16(8-10-35-22)24-23(19-3-1-2-9-34-19)25-26(39-24)28(37-14-36-25)41-13-21(32)33/h1-11,14,18,20-21,39H,12-13H2,(H,35,38,40)/t18-/m0/s1. The molecule has 0 aliphatic heterocycles. The molecule has 210 valence electrons. The van der Waals surface area contributed by atoms with Crippen LogP contribution in [-0.2, 0) is 4.79 Å². The van der Waals surface area contributed by atoms with E-state index >= 15 is 0 Å². The van der Waals surface area contributed by atoms with Gasteiger partial charge in [0.25, 0.3) is 6.43 Å². The maximum absolute atomic E-state index is 13.4. The summed E-state index contributed by atoms with van der Waals surface area (Å²) in [4.78, 5) is 33.1. The fourth-order valence-electron chi connectivity index (χ4n) is 4.34. The van der Waals surface area contributed by atoms with Crippen molar-refractivity contribution in [3.05, 3.63) is 84.7 Å². The smallest absolute Gasteiger partial charge is 0.272 e. The normalized spacial score (nSPS) is 12.2. The summed E-state index contributed by atoms with van der Waals surface area (Å²) in [7, 11) is 0. The number of rotatable bonds is 10. The van der Waals surface area contributed by atoms with Crippen molar-refractivity contribution in [2.24, 2.45) is 0 Å². The van der Waals surface area contributed by atoms with E-state index in [1.165, 1.54) is 30.7 Å². The number of aromatic amines is 1. The highest BCUT2D eigenvalue weighted by molar-refractivity contribution is 6.02. The molecular formula is C28H21F5N6O2. The summed E-state index contributed by atoms with van der Waals surface area (Å²) in [6.45, 7) is -0.876. The second-order valence-electron chi connectivity index (χ2n) is 8.84. The first kappa shape index (κ1) is 27.6. The van der Waals surface area contributed by atoms with Crippen molar-refractivity contribution in [1.29, 1.82) is 0 Å². The summed E-state index contributed by atoms with van der Waals surface area (Å²) in [5.41, 5.74) is 2.78. The summed E-state index contributed by atoms with van der Waals surface area (Å²) < 4.78 is 70.9. The van der Waals surface area contributed by atoms with Crippen LogP contribution < -0.4 is 10.1 Å². The molecule has 1 atom stereocenters. The Hall–Kier alpha value is -4.94. The number of aromatic nitrogens is 5. The van der Waals surface area contributed by atoms with E-state index in [1.54, 1.807) is 30.5 Å². The SMILES string of the molecule is O=C(Nc1cc(-c2[nH]c3c(OCC(F)F)ncnc3c2-c2ccccn2)ccn1)[C@@H](CC(F)F)c1ccc(F)cc1. The lowest BCUT2D eigenvalue weighted by molar-refractivity contribution is -0.118. The predicted octanol–water partition coefficient (Wildman–Crippen LogP) is 6.24. The predicted molar refractivity (Wildman–Crippen MR) is 140 cm³/mol. The van der Waals surface area contributed by atoms with Gasteiger partial charge < -0.3 is 15.0 Å². The number of nitrogens with one attached hydrogen (secondary N) is 2. The van der Waals surface area contributed by atoms with Gasteiger partial charge in [-0.1, -0.05) is 18.2 Å². The summed E-state index contributed by atoms with van der Waals surface area (Å²) >= 11 is 0. The average molecular weight is 569 g/mol. The van der Waals surface area contributed by atoms with E-state index in [0.29, 0.717) is 28.0 Å². The van der Waals surface area contributed by atoms with E-state index in [9.17, 15) is 26.7 Å². The largest absolute Gasteiger partial charge is 0.470 e. The van der Waals surface area contributed by atoms with Crippen LogP contribution in [0.15, 0.2) is 73.3 Å². The van der Waals surface area contributed by atoms with Gasteiger partial charge in [-0.05, 0) is 42.0 Å². The molecule has 0 radical (unpaired) electrons. The number of carbonyl (C=O) groups is 1. The van der Waals surface area contributed by atoms with Crippen molar-refractivity contribution in [3.63, 3.8) is 0 Å². The van der Waals surface area contributed by atoms with E-state index in [0.717, 1.165) is 12.1 Å². The molecule has 5 rings (SSSR count). The molecule has 13 heteroatoms. The Kier molecular flexibility index (Phi) is 8.13. The second kappa shape index (κ2) is 12.1. The molecule has 4 aromatic heterocycles. The van der Waals surface area contributed by atoms with E-state index < -0.39 is 43.5 Å². The first-order valence-electron chi connectivity index (χ1n) is 12.3. The molecule has 8 nitrogen and oxygen atoms in total. The van der Waals surface area contributed by atoms with Crippen LogP contribution in [0.3, 0.4) is 0 Å². The highest BCUT2D eigenvalue weighted by Crippen LogP contribution is 2.39. The number of hydrogen-bond donors (Lipinski definition) is 2. The number of fused-ring (bicyclic) bond motifs is 1. The number of benzene rings is 1. The van der Waals surface area contributed by atoms with E-state index in [1.807, 2.05) is 0 Å². The van der Waals surface area contributed by atoms with E-state index in [2.05, 4.69) is 30.2 Å². The molecule has 0 fully saturated rings. The third kappa shape index (κ3) is 6.29. The summed E-state index contributed by atoms with van der Waals surface area (Å²) in [6, 6.07) is 13.1. The monoisotopic (exact) mass is 568 g/mol. The topological polar surface area (TPSA) is 106 Å². The van der Waals surface area contributed by atoms with Crippen LogP contribution in [0.25, 0.3) is 33.5 Å². The molecule has 1 aromatic carbocycles. The number of anilines is 1. The number of ether oxygens (including phenoxy) is 1. The lowest BCUT2D eigenvalue weighted by Gasteiger charge is -2.17. The maximum atomic E-state index is 13.4. The summed E-state index contributed by atoms with van der Waals surface area (Å²) in [6.07, 6.45) is -2.12. The van der Waals surface area contributed by atoms with Crippen LogP contribution in [0.1, 0.15) is 17.9 Å². The van der Waals surface area contributed by atoms with Crippen LogP contribution >= 0.6 is 0 Å². The van der Waals surface area contributed by atoms with Crippen LogP contribution in [0.5, 0.6) is 5.88 Å². The lowest BCUT2D eigenvalue weighted by Crippen LogP contribution is -2.23. The third-order valence-electron chi connectivity index (χ3n) is 6.12. The minimum absolute atomic E-state index is 0.0553. The number of amides is 1. The molecule has 4 heterocycles. The molecule has 1 amide bonds. The molecule has 5 aromatic rings. The van der Waals surface area contributed by atoms with Crippen LogP contribution in [-0.4, -0.2) is 50.3 Å². The first-order valence-corrected chi connectivity index (χ1v) is 12.3. The fourth-order valence-corrected chi connectivity index (χ4v) is 4.34. The van der Waals surface area contributed by atoms with Crippen molar-refractivity contribution >= 4 is 22.8 Å². The van der Waals surface area contributed by atoms with Crippen molar-refractivity contribution in [2.45, 2.75) is 25.2 Å². The molecule has 0 aliphatic rings. The van der Waals surface area contributed by atoms with Gasteiger partial charge in [0.15, 0.2) is 6.61 Å². The number of H-pyrrole nitrogens is 1.